The Morgan fingerprint density at radius 1 is 1.00 bits per heavy atom. The molecule has 0 unspecified atom stereocenters. The van der Waals surface area contributed by atoms with Crippen molar-refractivity contribution < 1.29 is 29.0 Å². The number of hydrogen-bond donors (Lipinski definition) is 3. The molecule has 0 bridgehead atoms. The second-order valence-electron chi connectivity index (χ2n) is 6.33. The highest BCUT2D eigenvalue weighted by atomic mass is 16.5. The quantitative estimate of drug-likeness (QED) is 0.487. The van der Waals surface area contributed by atoms with Gasteiger partial charge in [-0.25, -0.2) is 9.59 Å². The minimum Gasteiger partial charge on any atom is -0.478 e. The number of hydrogen-bond acceptors (Lipinski definition) is 5. The molecule has 0 spiro atoms. The molecule has 3 rings (SSSR count). The van der Waals surface area contributed by atoms with Crippen LogP contribution in [-0.4, -0.2) is 54.1 Å². The number of imide groups is 1. The molecule has 0 fully saturated rings. The smallest absolute Gasteiger partial charge is 0.335 e. The minimum atomic E-state index is -1.11. The number of anilines is 2. The summed E-state index contributed by atoms with van der Waals surface area (Å²) in [6, 6.07) is 9.64. The molecule has 1 aliphatic rings. The molecule has 3 N–H and O–H groups in total. The highest BCUT2D eigenvalue weighted by Gasteiger charge is 2.35. The zero-order valence-corrected chi connectivity index (χ0v) is 15.6. The van der Waals surface area contributed by atoms with E-state index >= 15 is 0 Å². The third kappa shape index (κ3) is 4.41. The summed E-state index contributed by atoms with van der Waals surface area (Å²) >= 11 is 0. The van der Waals surface area contributed by atoms with Gasteiger partial charge in [-0.05, 0) is 42.8 Å². The van der Waals surface area contributed by atoms with Gasteiger partial charge in [0.05, 0.1) is 16.7 Å². The summed E-state index contributed by atoms with van der Waals surface area (Å²) in [6.07, 6.45) is 0.533. The van der Waals surface area contributed by atoms with Crippen molar-refractivity contribution in [2.45, 2.75) is 6.42 Å². The van der Waals surface area contributed by atoms with Gasteiger partial charge in [0.2, 0.25) is 0 Å². The molecule has 150 valence electrons. The van der Waals surface area contributed by atoms with Gasteiger partial charge in [0, 0.05) is 31.6 Å². The molecular formula is C20H19N3O6. The molecule has 0 aromatic heterocycles. The zero-order chi connectivity index (χ0) is 21.0. The van der Waals surface area contributed by atoms with Crippen LogP contribution in [0.1, 0.15) is 37.5 Å². The van der Waals surface area contributed by atoms with Gasteiger partial charge in [-0.15, -0.1) is 0 Å². The monoisotopic (exact) mass is 397 g/mol. The molecule has 4 amide bonds. The van der Waals surface area contributed by atoms with Crippen LogP contribution >= 0.6 is 0 Å². The Morgan fingerprint density at radius 2 is 1.69 bits per heavy atom. The van der Waals surface area contributed by atoms with Gasteiger partial charge < -0.3 is 20.5 Å². The third-order valence-corrected chi connectivity index (χ3v) is 4.33. The number of amides is 4. The van der Waals surface area contributed by atoms with Crippen molar-refractivity contribution in [3.05, 3.63) is 59.2 Å². The number of carboxylic acids is 1. The van der Waals surface area contributed by atoms with Crippen molar-refractivity contribution in [3.8, 4) is 0 Å². The first-order valence-corrected chi connectivity index (χ1v) is 8.81. The minimum absolute atomic E-state index is 0.0398. The number of carboxylic acid groups (broad SMARTS) is 1. The highest BCUT2D eigenvalue weighted by Crippen LogP contribution is 2.26. The Kier molecular flexibility index (Phi) is 5.89. The van der Waals surface area contributed by atoms with Crippen LogP contribution in [-0.2, 0) is 4.74 Å². The summed E-state index contributed by atoms with van der Waals surface area (Å²) < 4.78 is 4.95. The lowest BCUT2D eigenvalue weighted by Crippen LogP contribution is -2.31. The molecule has 29 heavy (non-hydrogen) atoms. The number of methoxy groups -OCH3 is 1. The van der Waals surface area contributed by atoms with Crippen molar-refractivity contribution >= 4 is 35.2 Å². The molecule has 9 heteroatoms. The van der Waals surface area contributed by atoms with E-state index in [0.717, 1.165) is 4.90 Å². The van der Waals surface area contributed by atoms with Crippen LogP contribution < -0.4 is 10.6 Å². The summed E-state index contributed by atoms with van der Waals surface area (Å²) in [4.78, 5) is 49.3. The van der Waals surface area contributed by atoms with Crippen molar-refractivity contribution in [3.63, 3.8) is 0 Å². The summed E-state index contributed by atoms with van der Waals surface area (Å²) in [6.45, 7) is 0.687. The van der Waals surface area contributed by atoms with Crippen LogP contribution in [0.3, 0.4) is 0 Å². The SMILES string of the molecule is COCCCN1C(=O)c2ccc(NC(=O)Nc3cccc(C(=O)O)c3)cc2C1=O. The number of nitrogens with zero attached hydrogens (tertiary/aromatic N) is 1. The maximum absolute atomic E-state index is 12.5. The van der Waals surface area contributed by atoms with E-state index in [2.05, 4.69) is 10.6 Å². The van der Waals surface area contributed by atoms with Crippen molar-refractivity contribution in [1.29, 1.82) is 0 Å². The first kappa shape index (κ1) is 20.0. The Labute approximate surface area is 166 Å². The lowest BCUT2D eigenvalue weighted by Gasteiger charge is -2.12. The van der Waals surface area contributed by atoms with Crippen molar-refractivity contribution in [2.75, 3.05) is 30.9 Å². The molecule has 1 heterocycles. The summed E-state index contributed by atoms with van der Waals surface area (Å²) in [5, 5.41) is 14.1. The Bertz CT molecular complexity index is 988. The Hall–Kier alpha value is -3.72. The van der Waals surface area contributed by atoms with Crippen LogP contribution in [0, 0.1) is 0 Å². The van der Waals surface area contributed by atoms with E-state index in [0.29, 0.717) is 24.4 Å². The summed E-state index contributed by atoms with van der Waals surface area (Å²) in [5.41, 5.74) is 1.18. The fourth-order valence-corrected chi connectivity index (χ4v) is 2.96. The van der Waals surface area contributed by atoms with Crippen LogP contribution in [0.5, 0.6) is 0 Å². The van der Waals surface area contributed by atoms with Crippen LogP contribution in [0.4, 0.5) is 16.2 Å². The second kappa shape index (κ2) is 8.53. The van der Waals surface area contributed by atoms with E-state index in [1.54, 1.807) is 13.2 Å². The van der Waals surface area contributed by atoms with E-state index in [1.807, 2.05) is 0 Å². The van der Waals surface area contributed by atoms with Gasteiger partial charge in [-0.3, -0.25) is 14.5 Å². The van der Waals surface area contributed by atoms with Crippen molar-refractivity contribution in [1.82, 2.24) is 4.90 Å². The van der Waals surface area contributed by atoms with E-state index in [4.69, 9.17) is 9.84 Å². The number of rotatable bonds is 7. The molecular weight excluding hydrogens is 378 g/mol. The lowest BCUT2D eigenvalue weighted by atomic mass is 10.1. The number of fused-ring (bicyclic) bond motifs is 1. The highest BCUT2D eigenvalue weighted by molar-refractivity contribution is 6.22. The van der Waals surface area contributed by atoms with E-state index in [-0.39, 0.29) is 29.1 Å². The fraction of sp³-hybridized carbons (Fsp3) is 0.200. The van der Waals surface area contributed by atoms with Gasteiger partial charge >= 0.3 is 12.0 Å². The van der Waals surface area contributed by atoms with Gasteiger partial charge in [-0.2, -0.15) is 0 Å². The maximum atomic E-state index is 12.5. The first-order chi connectivity index (χ1) is 13.9. The predicted molar refractivity (Wildman–Crippen MR) is 104 cm³/mol. The number of benzene rings is 2. The molecule has 0 radical (unpaired) electrons. The topological polar surface area (TPSA) is 125 Å². The van der Waals surface area contributed by atoms with Gasteiger partial charge in [0.1, 0.15) is 0 Å². The van der Waals surface area contributed by atoms with Crippen LogP contribution in [0.2, 0.25) is 0 Å². The molecule has 0 saturated heterocycles. The predicted octanol–water partition coefficient (Wildman–Crippen LogP) is 2.66. The third-order valence-electron chi connectivity index (χ3n) is 4.33. The van der Waals surface area contributed by atoms with Crippen LogP contribution in [0.15, 0.2) is 42.5 Å². The first-order valence-electron chi connectivity index (χ1n) is 8.81. The van der Waals surface area contributed by atoms with E-state index in [1.165, 1.54) is 36.4 Å². The fourth-order valence-electron chi connectivity index (χ4n) is 2.96. The lowest BCUT2D eigenvalue weighted by molar-refractivity contribution is 0.0636. The average Bonchev–Trinajstić information content (AvgIpc) is 2.92. The van der Waals surface area contributed by atoms with Crippen LogP contribution in [0.25, 0.3) is 0 Å². The summed E-state index contributed by atoms with van der Waals surface area (Å²) in [7, 11) is 1.54. The molecule has 9 nitrogen and oxygen atoms in total. The Balaban J connectivity index is 1.69. The largest absolute Gasteiger partial charge is 0.478 e. The Morgan fingerprint density at radius 3 is 2.38 bits per heavy atom. The van der Waals surface area contributed by atoms with Gasteiger partial charge in [0.15, 0.2) is 0 Å². The molecule has 2 aromatic rings. The molecule has 2 aromatic carbocycles. The summed E-state index contributed by atoms with van der Waals surface area (Å²) in [5.74, 6) is -1.90. The number of carbonyl (C=O) groups is 4. The number of nitrogens with one attached hydrogen (secondary N) is 2. The second-order valence-corrected chi connectivity index (χ2v) is 6.33. The van der Waals surface area contributed by atoms with E-state index in [9.17, 15) is 19.2 Å². The normalized spacial score (nSPS) is 12.7. The molecule has 1 aliphatic heterocycles. The van der Waals surface area contributed by atoms with Gasteiger partial charge in [0.25, 0.3) is 11.8 Å². The zero-order valence-electron chi connectivity index (χ0n) is 15.6. The number of ether oxygens (including phenoxy) is 1. The molecule has 0 aliphatic carbocycles. The van der Waals surface area contributed by atoms with E-state index < -0.39 is 17.9 Å². The maximum Gasteiger partial charge on any atom is 0.335 e. The number of aromatic carboxylic acids is 1. The van der Waals surface area contributed by atoms with Gasteiger partial charge in [-0.1, -0.05) is 6.07 Å². The average molecular weight is 397 g/mol. The number of carbonyl (C=O) groups excluding carboxylic acids is 3. The number of urea groups is 1. The van der Waals surface area contributed by atoms with Crippen molar-refractivity contribution in [2.24, 2.45) is 0 Å². The standard InChI is InChI=1S/C20H19N3O6/c1-29-9-3-8-23-17(24)15-7-6-14(11-16(15)18(23)25)22-20(28)21-13-5-2-4-12(10-13)19(26)27/h2,4-7,10-11H,3,8-9H2,1H3,(H,26,27)(H2,21,22,28). The molecule has 0 saturated carbocycles. The molecule has 0 atom stereocenters.